The van der Waals surface area contributed by atoms with E-state index in [0.717, 1.165) is 19.3 Å². The van der Waals surface area contributed by atoms with E-state index in [0.29, 0.717) is 13.0 Å². The van der Waals surface area contributed by atoms with Crippen molar-refractivity contribution >= 4 is 5.91 Å². The van der Waals surface area contributed by atoms with Crippen molar-refractivity contribution in [3.8, 4) is 5.75 Å². The van der Waals surface area contributed by atoms with Gasteiger partial charge in [-0.3, -0.25) is 4.79 Å². The molecule has 0 heterocycles. The van der Waals surface area contributed by atoms with Crippen molar-refractivity contribution in [1.29, 1.82) is 0 Å². The molecule has 1 atom stereocenters. The highest BCUT2D eigenvalue weighted by atomic mass is 19.1. The molecule has 3 nitrogen and oxygen atoms in total. The second kappa shape index (κ2) is 8.57. The van der Waals surface area contributed by atoms with Gasteiger partial charge < -0.3 is 10.1 Å². The van der Waals surface area contributed by atoms with Gasteiger partial charge in [-0.25, -0.2) is 4.39 Å². The summed E-state index contributed by atoms with van der Waals surface area (Å²) in [7, 11) is 0. The standard InChI is InChI=1S/C18H24FNO2/c1-2-16(22-17-11-7-6-10-15(17)19)18(21)20-13-12-14-8-4-3-5-9-14/h6-8,10-11,16H,2-5,9,12-13H2,1H3,(H,20,21)/t16-/m0/s1. The van der Waals surface area contributed by atoms with E-state index in [1.807, 2.05) is 6.92 Å². The predicted octanol–water partition coefficient (Wildman–Crippen LogP) is 3.99. The minimum absolute atomic E-state index is 0.125. The van der Waals surface area contributed by atoms with E-state index >= 15 is 0 Å². The zero-order chi connectivity index (χ0) is 15.8. The average molecular weight is 305 g/mol. The van der Waals surface area contributed by atoms with Gasteiger partial charge in [-0.15, -0.1) is 0 Å². The van der Waals surface area contributed by atoms with Crippen molar-refractivity contribution in [3.05, 3.63) is 41.7 Å². The molecule has 2 rings (SSSR count). The van der Waals surface area contributed by atoms with Crippen molar-refractivity contribution in [3.63, 3.8) is 0 Å². The fourth-order valence-corrected chi connectivity index (χ4v) is 2.61. The van der Waals surface area contributed by atoms with Gasteiger partial charge in [-0.05, 0) is 50.7 Å². The topological polar surface area (TPSA) is 38.3 Å². The molecule has 1 aromatic carbocycles. The van der Waals surface area contributed by atoms with Crippen LogP contribution in [0.25, 0.3) is 0 Å². The molecule has 0 saturated heterocycles. The summed E-state index contributed by atoms with van der Waals surface area (Å²) in [6.45, 7) is 2.47. The summed E-state index contributed by atoms with van der Waals surface area (Å²) in [6.07, 6.45) is 7.82. The molecule has 1 amide bonds. The van der Waals surface area contributed by atoms with E-state index in [1.54, 1.807) is 12.1 Å². The maximum absolute atomic E-state index is 13.6. The molecule has 0 saturated carbocycles. The third kappa shape index (κ3) is 4.86. The monoisotopic (exact) mass is 305 g/mol. The first-order chi connectivity index (χ1) is 10.7. The molecular formula is C18H24FNO2. The third-order valence-electron chi connectivity index (χ3n) is 3.90. The molecule has 0 spiro atoms. The van der Waals surface area contributed by atoms with Crippen LogP contribution in [-0.4, -0.2) is 18.6 Å². The van der Waals surface area contributed by atoms with Crippen LogP contribution in [0.4, 0.5) is 4.39 Å². The Balaban J connectivity index is 1.81. The molecule has 1 aliphatic carbocycles. The Morgan fingerprint density at radius 2 is 2.18 bits per heavy atom. The number of ether oxygens (including phenoxy) is 1. The maximum atomic E-state index is 13.6. The first-order valence-corrected chi connectivity index (χ1v) is 8.07. The maximum Gasteiger partial charge on any atom is 0.261 e. The molecule has 0 radical (unpaired) electrons. The molecule has 1 N–H and O–H groups in total. The Morgan fingerprint density at radius 1 is 1.36 bits per heavy atom. The van der Waals surface area contributed by atoms with Crippen LogP contribution in [0.15, 0.2) is 35.9 Å². The smallest absolute Gasteiger partial charge is 0.261 e. The van der Waals surface area contributed by atoms with Gasteiger partial charge in [-0.2, -0.15) is 0 Å². The number of hydrogen-bond donors (Lipinski definition) is 1. The summed E-state index contributed by atoms with van der Waals surface area (Å²) in [6, 6.07) is 6.16. The highest BCUT2D eigenvalue weighted by Crippen LogP contribution is 2.20. The minimum atomic E-state index is -0.655. The van der Waals surface area contributed by atoms with Crippen LogP contribution in [0.2, 0.25) is 0 Å². The van der Waals surface area contributed by atoms with Gasteiger partial charge in [0.1, 0.15) is 0 Å². The number of para-hydroxylation sites is 1. The van der Waals surface area contributed by atoms with Gasteiger partial charge in [0, 0.05) is 6.54 Å². The SMILES string of the molecule is CC[C@H](Oc1ccccc1F)C(=O)NCCC1=CCCCC1. The number of carbonyl (C=O) groups excluding carboxylic acids is 1. The van der Waals surface area contributed by atoms with Crippen molar-refractivity contribution in [2.75, 3.05) is 6.54 Å². The summed E-state index contributed by atoms with van der Waals surface area (Å²) in [5, 5.41) is 2.89. The number of nitrogens with one attached hydrogen (secondary N) is 1. The van der Waals surface area contributed by atoms with Crippen LogP contribution in [0.5, 0.6) is 5.75 Å². The van der Waals surface area contributed by atoms with Gasteiger partial charge in [0.15, 0.2) is 17.7 Å². The van der Waals surface area contributed by atoms with E-state index < -0.39 is 11.9 Å². The summed E-state index contributed by atoms with van der Waals surface area (Å²) in [4.78, 5) is 12.2. The summed E-state index contributed by atoms with van der Waals surface area (Å²) < 4.78 is 19.1. The Labute approximate surface area is 131 Å². The van der Waals surface area contributed by atoms with Gasteiger partial charge in [0.2, 0.25) is 0 Å². The van der Waals surface area contributed by atoms with Crippen LogP contribution < -0.4 is 10.1 Å². The molecule has 1 aliphatic rings. The van der Waals surface area contributed by atoms with Gasteiger partial charge >= 0.3 is 0 Å². The molecule has 120 valence electrons. The van der Waals surface area contributed by atoms with Gasteiger partial charge in [0.25, 0.3) is 5.91 Å². The lowest BCUT2D eigenvalue weighted by Gasteiger charge is -2.18. The number of carbonyl (C=O) groups is 1. The van der Waals surface area contributed by atoms with E-state index in [-0.39, 0.29) is 11.7 Å². The number of amides is 1. The Hall–Kier alpha value is -1.84. The molecular weight excluding hydrogens is 281 g/mol. The molecule has 1 aromatic rings. The number of benzene rings is 1. The second-order valence-electron chi connectivity index (χ2n) is 5.59. The quantitative estimate of drug-likeness (QED) is 0.774. The molecule has 0 unspecified atom stereocenters. The van der Waals surface area contributed by atoms with Crippen LogP contribution in [0.3, 0.4) is 0 Å². The number of allylic oxidation sites excluding steroid dienone is 1. The van der Waals surface area contributed by atoms with Crippen LogP contribution in [-0.2, 0) is 4.79 Å². The van der Waals surface area contributed by atoms with E-state index in [2.05, 4.69) is 11.4 Å². The second-order valence-corrected chi connectivity index (χ2v) is 5.59. The largest absolute Gasteiger partial charge is 0.478 e. The Kier molecular flexibility index (Phi) is 6.44. The number of rotatable bonds is 7. The highest BCUT2D eigenvalue weighted by Gasteiger charge is 2.19. The lowest BCUT2D eigenvalue weighted by Crippen LogP contribution is -2.38. The Bertz CT molecular complexity index is 528. The lowest BCUT2D eigenvalue weighted by molar-refractivity contribution is -0.128. The van der Waals surface area contributed by atoms with Gasteiger partial charge in [0.05, 0.1) is 0 Å². The van der Waals surface area contributed by atoms with Crippen molar-refractivity contribution < 1.29 is 13.9 Å². The van der Waals surface area contributed by atoms with Gasteiger partial charge in [-0.1, -0.05) is 30.7 Å². The van der Waals surface area contributed by atoms with Crippen molar-refractivity contribution in [1.82, 2.24) is 5.32 Å². The Morgan fingerprint density at radius 3 is 2.86 bits per heavy atom. The fourth-order valence-electron chi connectivity index (χ4n) is 2.61. The van der Waals surface area contributed by atoms with Crippen LogP contribution in [0, 0.1) is 5.82 Å². The average Bonchev–Trinajstić information content (AvgIpc) is 2.55. The minimum Gasteiger partial charge on any atom is -0.478 e. The summed E-state index contributed by atoms with van der Waals surface area (Å²) in [5.74, 6) is -0.497. The van der Waals surface area contributed by atoms with E-state index in [9.17, 15) is 9.18 Å². The molecule has 0 aliphatic heterocycles. The highest BCUT2D eigenvalue weighted by molar-refractivity contribution is 5.81. The van der Waals surface area contributed by atoms with E-state index in [1.165, 1.54) is 30.5 Å². The molecule has 0 bridgehead atoms. The fraction of sp³-hybridized carbons (Fsp3) is 0.500. The first kappa shape index (κ1) is 16.5. The van der Waals surface area contributed by atoms with E-state index in [4.69, 9.17) is 4.74 Å². The first-order valence-electron chi connectivity index (χ1n) is 8.07. The van der Waals surface area contributed by atoms with Crippen molar-refractivity contribution in [2.24, 2.45) is 0 Å². The summed E-state index contributed by atoms with van der Waals surface area (Å²) in [5.41, 5.74) is 1.43. The molecule has 0 fully saturated rings. The molecule has 0 aromatic heterocycles. The molecule has 4 heteroatoms. The van der Waals surface area contributed by atoms with Crippen LogP contribution >= 0.6 is 0 Å². The lowest BCUT2D eigenvalue weighted by atomic mass is 9.97. The summed E-state index contributed by atoms with van der Waals surface area (Å²) >= 11 is 0. The molecule has 22 heavy (non-hydrogen) atoms. The zero-order valence-electron chi connectivity index (χ0n) is 13.1. The third-order valence-corrected chi connectivity index (χ3v) is 3.90. The van der Waals surface area contributed by atoms with Crippen molar-refractivity contribution in [2.45, 2.75) is 51.6 Å². The normalized spacial score (nSPS) is 15.8. The number of hydrogen-bond acceptors (Lipinski definition) is 2. The number of halogens is 1. The zero-order valence-corrected chi connectivity index (χ0v) is 13.1. The van der Waals surface area contributed by atoms with Crippen LogP contribution in [0.1, 0.15) is 45.4 Å². The predicted molar refractivity (Wildman–Crippen MR) is 85.3 cm³/mol.